The van der Waals surface area contributed by atoms with Gasteiger partial charge in [0.2, 0.25) is 0 Å². The Labute approximate surface area is 68.2 Å². The van der Waals surface area contributed by atoms with E-state index in [1.165, 1.54) is 25.7 Å². The second-order valence-electron chi connectivity index (χ2n) is 3.43. The Kier molecular flexibility index (Phi) is 3.57. The molecular formula is C9H17NO. The van der Waals surface area contributed by atoms with Crippen LogP contribution in [0.4, 0.5) is 0 Å². The van der Waals surface area contributed by atoms with Crippen LogP contribution in [0.3, 0.4) is 0 Å². The molecule has 0 amide bonds. The molecule has 0 atom stereocenters. The molecule has 1 aliphatic carbocycles. The Balaban J connectivity index is 2.13. The first-order chi connectivity index (χ1) is 5.33. The molecule has 1 aliphatic rings. The maximum Gasteiger partial charge on any atom is 0.134 e. The number of hydrogen-bond donors (Lipinski definition) is 1. The van der Waals surface area contributed by atoms with E-state index in [0.717, 1.165) is 6.42 Å². The molecule has 0 aromatic rings. The number of carbonyl (C=O) groups is 1. The Bertz CT molecular complexity index is 128. The summed E-state index contributed by atoms with van der Waals surface area (Å²) in [5.41, 5.74) is 5.28. The highest BCUT2D eigenvalue weighted by Crippen LogP contribution is 2.27. The molecule has 11 heavy (non-hydrogen) atoms. The molecule has 0 unspecified atom stereocenters. The lowest BCUT2D eigenvalue weighted by molar-refractivity contribution is -0.119. The number of carbonyl (C=O) groups excluding carboxylic acids is 1. The van der Waals surface area contributed by atoms with Crippen LogP contribution in [-0.4, -0.2) is 12.3 Å². The van der Waals surface area contributed by atoms with Crippen molar-refractivity contribution in [1.82, 2.24) is 0 Å². The third-order valence-corrected chi connectivity index (χ3v) is 2.41. The zero-order valence-corrected chi connectivity index (χ0v) is 7.01. The van der Waals surface area contributed by atoms with Gasteiger partial charge in [0.25, 0.3) is 0 Å². The van der Waals surface area contributed by atoms with Crippen molar-refractivity contribution in [3.63, 3.8) is 0 Å². The smallest absolute Gasteiger partial charge is 0.134 e. The maximum absolute atomic E-state index is 11.1. The zero-order valence-electron chi connectivity index (χ0n) is 7.01. The average molecular weight is 155 g/mol. The molecule has 1 saturated carbocycles. The van der Waals surface area contributed by atoms with Gasteiger partial charge in [-0.2, -0.15) is 0 Å². The first kappa shape index (κ1) is 8.72. The number of ketones is 1. The normalized spacial score (nSPS) is 19.0. The van der Waals surface area contributed by atoms with Crippen LogP contribution in [-0.2, 0) is 4.79 Å². The highest BCUT2D eigenvalue weighted by atomic mass is 16.1. The van der Waals surface area contributed by atoms with Gasteiger partial charge in [-0.25, -0.2) is 0 Å². The summed E-state index contributed by atoms with van der Waals surface area (Å²) in [5, 5.41) is 0. The standard InChI is InChI=1S/C9H17NO/c10-6-5-9(11)7-8-3-1-2-4-8/h8H,1-7,10H2. The zero-order chi connectivity index (χ0) is 8.10. The molecule has 2 nitrogen and oxygen atoms in total. The van der Waals surface area contributed by atoms with Crippen molar-refractivity contribution in [2.75, 3.05) is 6.54 Å². The summed E-state index contributed by atoms with van der Waals surface area (Å²) in [6.07, 6.45) is 6.53. The van der Waals surface area contributed by atoms with Crippen molar-refractivity contribution in [1.29, 1.82) is 0 Å². The van der Waals surface area contributed by atoms with Gasteiger partial charge in [0, 0.05) is 12.8 Å². The van der Waals surface area contributed by atoms with Crippen molar-refractivity contribution >= 4 is 5.78 Å². The van der Waals surface area contributed by atoms with E-state index in [2.05, 4.69) is 0 Å². The van der Waals surface area contributed by atoms with Gasteiger partial charge in [0.1, 0.15) is 5.78 Å². The molecule has 0 radical (unpaired) electrons. The summed E-state index contributed by atoms with van der Waals surface area (Å²) in [4.78, 5) is 11.1. The second-order valence-corrected chi connectivity index (χ2v) is 3.43. The van der Waals surface area contributed by atoms with Gasteiger partial charge in [-0.05, 0) is 12.5 Å². The van der Waals surface area contributed by atoms with Crippen molar-refractivity contribution in [3.8, 4) is 0 Å². The average Bonchev–Trinajstić information content (AvgIpc) is 2.40. The van der Waals surface area contributed by atoms with Gasteiger partial charge in [-0.15, -0.1) is 0 Å². The van der Waals surface area contributed by atoms with Crippen LogP contribution in [0.5, 0.6) is 0 Å². The predicted octanol–water partition coefficient (Wildman–Crippen LogP) is 1.48. The molecule has 0 heterocycles. The molecule has 0 saturated heterocycles. The molecule has 1 rings (SSSR count). The molecule has 64 valence electrons. The van der Waals surface area contributed by atoms with Crippen LogP contribution in [0.2, 0.25) is 0 Å². The van der Waals surface area contributed by atoms with Crippen LogP contribution >= 0.6 is 0 Å². The minimum Gasteiger partial charge on any atom is -0.330 e. The molecule has 0 aromatic heterocycles. The van der Waals surface area contributed by atoms with Crippen LogP contribution in [0.25, 0.3) is 0 Å². The number of Topliss-reactive ketones (excluding diaryl/α,β-unsaturated/α-hetero) is 1. The van der Waals surface area contributed by atoms with E-state index in [9.17, 15) is 4.79 Å². The first-order valence-electron chi connectivity index (χ1n) is 4.54. The molecule has 2 heteroatoms. The topological polar surface area (TPSA) is 43.1 Å². The first-order valence-corrected chi connectivity index (χ1v) is 4.54. The molecule has 0 aliphatic heterocycles. The van der Waals surface area contributed by atoms with E-state index in [1.807, 2.05) is 0 Å². The molecular weight excluding hydrogens is 138 g/mol. The van der Waals surface area contributed by atoms with Gasteiger partial charge < -0.3 is 5.73 Å². The highest BCUT2D eigenvalue weighted by Gasteiger charge is 2.17. The summed E-state index contributed by atoms with van der Waals surface area (Å²) in [7, 11) is 0. The number of hydrogen-bond acceptors (Lipinski definition) is 2. The van der Waals surface area contributed by atoms with Crippen molar-refractivity contribution in [2.24, 2.45) is 11.7 Å². The molecule has 0 spiro atoms. The van der Waals surface area contributed by atoms with E-state index in [4.69, 9.17) is 5.73 Å². The SMILES string of the molecule is NCCC(=O)CC1CCCC1. The van der Waals surface area contributed by atoms with E-state index < -0.39 is 0 Å². The summed E-state index contributed by atoms with van der Waals surface area (Å²) in [6, 6.07) is 0. The van der Waals surface area contributed by atoms with Crippen LogP contribution in [0.1, 0.15) is 38.5 Å². The maximum atomic E-state index is 11.1. The monoisotopic (exact) mass is 155 g/mol. The van der Waals surface area contributed by atoms with Gasteiger partial charge in [-0.1, -0.05) is 25.7 Å². The van der Waals surface area contributed by atoms with Gasteiger partial charge in [-0.3, -0.25) is 4.79 Å². The van der Waals surface area contributed by atoms with E-state index in [-0.39, 0.29) is 0 Å². The van der Waals surface area contributed by atoms with E-state index in [1.54, 1.807) is 0 Å². The summed E-state index contributed by atoms with van der Waals surface area (Å²) in [6.45, 7) is 0.519. The third-order valence-electron chi connectivity index (χ3n) is 2.41. The minimum absolute atomic E-state index is 0.361. The van der Waals surface area contributed by atoms with Crippen molar-refractivity contribution in [2.45, 2.75) is 38.5 Å². The predicted molar refractivity (Wildman–Crippen MR) is 45.3 cm³/mol. The second kappa shape index (κ2) is 4.50. The van der Waals surface area contributed by atoms with Crippen LogP contribution < -0.4 is 5.73 Å². The quantitative estimate of drug-likeness (QED) is 0.668. The van der Waals surface area contributed by atoms with Gasteiger partial charge >= 0.3 is 0 Å². The molecule has 0 bridgehead atoms. The number of rotatable bonds is 4. The molecule has 2 N–H and O–H groups in total. The molecule has 0 aromatic carbocycles. The van der Waals surface area contributed by atoms with E-state index >= 15 is 0 Å². The fourth-order valence-electron chi connectivity index (χ4n) is 1.80. The largest absolute Gasteiger partial charge is 0.330 e. The van der Waals surface area contributed by atoms with Crippen LogP contribution in [0.15, 0.2) is 0 Å². The third kappa shape index (κ3) is 3.02. The van der Waals surface area contributed by atoms with E-state index in [0.29, 0.717) is 24.7 Å². The summed E-state index contributed by atoms with van der Waals surface area (Å²) < 4.78 is 0. The summed E-state index contributed by atoms with van der Waals surface area (Å²) in [5.74, 6) is 1.05. The Morgan fingerprint density at radius 2 is 2.00 bits per heavy atom. The fraction of sp³-hybridized carbons (Fsp3) is 0.889. The van der Waals surface area contributed by atoms with Crippen molar-refractivity contribution in [3.05, 3.63) is 0 Å². The Morgan fingerprint density at radius 1 is 1.36 bits per heavy atom. The minimum atomic E-state index is 0.361. The summed E-state index contributed by atoms with van der Waals surface area (Å²) >= 11 is 0. The fourth-order valence-corrected chi connectivity index (χ4v) is 1.80. The lowest BCUT2D eigenvalue weighted by Gasteiger charge is -2.05. The molecule has 1 fully saturated rings. The Hall–Kier alpha value is -0.370. The lowest BCUT2D eigenvalue weighted by atomic mass is 10.00. The Morgan fingerprint density at radius 3 is 2.55 bits per heavy atom. The lowest BCUT2D eigenvalue weighted by Crippen LogP contribution is -2.10. The van der Waals surface area contributed by atoms with Crippen molar-refractivity contribution < 1.29 is 4.79 Å². The number of nitrogens with two attached hydrogens (primary N) is 1. The van der Waals surface area contributed by atoms with Gasteiger partial charge in [0.05, 0.1) is 0 Å². The van der Waals surface area contributed by atoms with Gasteiger partial charge in [0.15, 0.2) is 0 Å². The highest BCUT2D eigenvalue weighted by molar-refractivity contribution is 5.78. The van der Waals surface area contributed by atoms with Crippen LogP contribution in [0, 0.1) is 5.92 Å².